The van der Waals surface area contributed by atoms with E-state index in [-0.39, 0.29) is 5.43 Å². The van der Waals surface area contributed by atoms with Gasteiger partial charge in [-0.25, -0.2) is 0 Å². The summed E-state index contributed by atoms with van der Waals surface area (Å²) in [6.45, 7) is 9.58. The zero-order valence-corrected chi connectivity index (χ0v) is 19.1. The molecule has 158 valence electrons. The van der Waals surface area contributed by atoms with E-state index in [1.54, 1.807) is 18.2 Å². The second kappa shape index (κ2) is 8.98. The van der Waals surface area contributed by atoms with E-state index in [9.17, 15) is 4.79 Å². The normalized spacial score (nSPS) is 15.6. The minimum absolute atomic E-state index is 0.102. The highest BCUT2D eigenvalue weighted by atomic mass is 35.5. The van der Waals surface area contributed by atoms with Gasteiger partial charge in [0.25, 0.3) is 0 Å². The summed E-state index contributed by atoms with van der Waals surface area (Å²) in [6, 6.07) is 9.69. The molecule has 0 atom stereocenters. The Morgan fingerprint density at radius 3 is 2.50 bits per heavy atom. The standard InChI is InChI=1S/C15H23N5S.C7H3ClO/c1-4-13-5-6-15(21-13)20-12(2)16-17-14(20)11-19-9-7-18(3)8-10-19;8-5-3-1-2-4-6(5)7(4)9/h5-6H,4,7-11H2,1-3H3;1-3H. The summed E-state index contributed by atoms with van der Waals surface area (Å²) in [6.07, 6.45) is 1.08. The molecule has 1 aliphatic heterocycles. The van der Waals surface area contributed by atoms with Crippen LogP contribution in [0.1, 0.15) is 23.4 Å². The van der Waals surface area contributed by atoms with Gasteiger partial charge in [-0.05, 0) is 38.6 Å². The summed E-state index contributed by atoms with van der Waals surface area (Å²) in [5, 5.41) is 12.0. The van der Waals surface area contributed by atoms with E-state index in [0.29, 0.717) is 10.4 Å². The third-order valence-electron chi connectivity index (χ3n) is 5.49. The first-order valence-corrected chi connectivity index (χ1v) is 11.4. The summed E-state index contributed by atoms with van der Waals surface area (Å²) in [4.78, 5) is 16.9. The maximum absolute atomic E-state index is 10.7. The highest BCUT2D eigenvalue weighted by Crippen LogP contribution is 2.24. The lowest BCUT2D eigenvalue weighted by Gasteiger charge is -2.31. The Kier molecular flexibility index (Phi) is 6.34. The van der Waals surface area contributed by atoms with Gasteiger partial charge in [0, 0.05) is 36.4 Å². The van der Waals surface area contributed by atoms with Gasteiger partial charge in [-0.15, -0.1) is 21.5 Å². The Labute approximate surface area is 185 Å². The predicted molar refractivity (Wildman–Crippen MR) is 124 cm³/mol. The van der Waals surface area contributed by atoms with Crippen LogP contribution in [-0.2, 0) is 13.0 Å². The van der Waals surface area contributed by atoms with E-state index < -0.39 is 0 Å². The fourth-order valence-corrected chi connectivity index (χ4v) is 4.84. The van der Waals surface area contributed by atoms with Gasteiger partial charge < -0.3 is 4.90 Å². The summed E-state index contributed by atoms with van der Waals surface area (Å²) in [7, 11) is 2.18. The average Bonchev–Trinajstić information content (AvgIpc) is 3.06. The highest BCUT2D eigenvalue weighted by molar-refractivity contribution is 7.14. The SMILES string of the molecule is CCc1ccc(-n2c(C)nnc2CN2CCN(C)CC2)s1.O=c1c2cccc(Cl)c12. The Bertz CT molecular complexity index is 1150. The van der Waals surface area contributed by atoms with Crippen LogP contribution in [0.5, 0.6) is 0 Å². The minimum atomic E-state index is 0.102. The van der Waals surface area contributed by atoms with E-state index in [4.69, 9.17) is 11.6 Å². The largest absolute Gasteiger partial charge is 0.304 e. The summed E-state index contributed by atoms with van der Waals surface area (Å²) < 4.78 is 2.21. The van der Waals surface area contributed by atoms with E-state index >= 15 is 0 Å². The van der Waals surface area contributed by atoms with Crippen molar-refractivity contribution in [1.29, 1.82) is 0 Å². The van der Waals surface area contributed by atoms with Crippen molar-refractivity contribution < 1.29 is 0 Å². The molecule has 0 aliphatic carbocycles. The molecule has 0 radical (unpaired) electrons. The molecular weight excluding hydrogens is 418 g/mol. The summed E-state index contributed by atoms with van der Waals surface area (Å²) >= 11 is 7.47. The number of benzene rings is 1. The zero-order valence-electron chi connectivity index (χ0n) is 17.6. The third kappa shape index (κ3) is 4.49. The fourth-order valence-electron chi connectivity index (χ4n) is 3.57. The van der Waals surface area contributed by atoms with Gasteiger partial charge >= 0.3 is 0 Å². The molecule has 5 rings (SSSR count). The number of fused-ring (bicyclic) bond motifs is 1. The lowest BCUT2D eigenvalue weighted by molar-refractivity contribution is 0.145. The molecule has 0 N–H and O–H groups in total. The van der Waals surface area contributed by atoms with Crippen molar-refractivity contribution in [3.05, 3.63) is 62.1 Å². The Balaban J connectivity index is 0.000000200. The molecule has 1 saturated heterocycles. The van der Waals surface area contributed by atoms with Crippen LogP contribution >= 0.6 is 22.9 Å². The van der Waals surface area contributed by atoms with Gasteiger partial charge in [0.1, 0.15) is 10.8 Å². The van der Waals surface area contributed by atoms with Crippen molar-refractivity contribution in [3.8, 4) is 5.00 Å². The van der Waals surface area contributed by atoms with Crippen LogP contribution in [0.25, 0.3) is 15.8 Å². The monoisotopic (exact) mass is 443 g/mol. The molecule has 6 nitrogen and oxygen atoms in total. The number of aryl methyl sites for hydroxylation is 2. The van der Waals surface area contributed by atoms with E-state index in [1.165, 1.54) is 9.88 Å². The van der Waals surface area contributed by atoms with Crippen LogP contribution in [0.15, 0.2) is 35.1 Å². The van der Waals surface area contributed by atoms with Gasteiger partial charge in [0.2, 0.25) is 0 Å². The number of hydrogen-bond acceptors (Lipinski definition) is 6. The number of hydrogen-bond donors (Lipinski definition) is 0. The molecule has 4 aromatic rings. The number of nitrogens with zero attached hydrogens (tertiary/aromatic N) is 5. The topological polar surface area (TPSA) is 54.3 Å². The van der Waals surface area contributed by atoms with Crippen molar-refractivity contribution in [3.63, 3.8) is 0 Å². The van der Waals surface area contributed by atoms with Gasteiger partial charge in [0.05, 0.1) is 17.0 Å². The van der Waals surface area contributed by atoms with Gasteiger partial charge in [-0.2, -0.15) is 0 Å². The first-order valence-electron chi connectivity index (χ1n) is 10.2. The molecule has 2 aromatic heterocycles. The van der Waals surface area contributed by atoms with E-state index in [1.807, 2.05) is 18.3 Å². The predicted octanol–water partition coefficient (Wildman–Crippen LogP) is 3.68. The number of thiophene rings is 1. The van der Waals surface area contributed by atoms with Crippen LogP contribution in [0.4, 0.5) is 0 Å². The Morgan fingerprint density at radius 1 is 1.10 bits per heavy atom. The number of halogens is 1. The molecule has 2 aromatic carbocycles. The second-order valence-corrected chi connectivity index (χ2v) is 9.22. The lowest BCUT2D eigenvalue weighted by atomic mass is 10.3. The summed E-state index contributed by atoms with van der Waals surface area (Å²) in [5.41, 5.74) is 0.102. The van der Waals surface area contributed by atoms with Crippen LogP contribution in [0, 0.1) is 6.92 Å². The van der Waals surface area contributed by atoms with Crippen molar-refractivity contribution >= 4 is 33.7 Å². The van der Waals surface area contributed by atoms with Crippen LogP contribution in [-0.4, -0.2) is 57.8 Å². The third-order valence-corrected chi connectivity index (χ3v) is 7.02. The smallest absolute Gasteiger partial charge is 0.196 e. The molecule has 0 spiro atoms. The number of aromatic nitrogens is 3. The maximum atomic E-state index is 10.7. The van der Waals surface area contributed by atoms with Crippen molar-refractivity contribution in [2.45, 2.75) is 26.8 Å². The quantitative estimate of drug-likeness (QED) is 0.481. The molecule has 0 amide bonds. The maximum Gasteiger partial charge on any atom is 0.196 e. The minimum Gasteiger partial charge on any atom is -0.304 e. The van der Waals surface area contributed by atoms with Gasteiger partial charge in [-0.3, -0.25) is 14.3 Å². The second-order valence-electron chi connectivity index (χ2n) is 7.66. The first kappa shape index (κ1) is 21.2. The number of piperazine rings is 1. The molecule has 1 aliphatic rings. The fraction of sp³-hybridized carbons (Fsp3) is 0.409. The van der Waals surface area contributed by atoms with E-state index in [2.05, 4.69) is 50.7 Å². The molecular formula is C22H26ClN5OS. The number of rotatable bonds is 4. The van der Waals surface area contributed by atoms with E-state index in [0.717, 1.165) is 56.2 Å². The van der Waals surface area contributed by atoms with Crippen LogP contribution in [0.2, 0.25) is 5.02 Å². The Morgan fingerprint density at radius 2 is 1.87 bits per heavy atom. The molecule has 0 bridgehead atoms. The molecule has 3 heterocycles. The Hall–Kier alpha value is -2.06. The molecule has 0 saturated carbocycles. The summed E-state index contributed by atoms with van der Waals surface area (Å²) in [5.74, 6) is 2.03. The highest BCUT2D eigenvalue weighted by Gasteiger charge is 2.19. The lowest BCUT2D eigenvalue weighted by Crippen LogP contribution is -2.44. The molecule has 30 heavy (non-hydrogen) atoms. The molecule has 8 heteroatoms. The molecule has 1 fully saturated rings. The van der Waals surface area contributed by atoms with Gasteiger partial charge in [-0.1, -0.05) is 30.7 Å². The first-order chi connectivity index (χ1) is 14.5. The van der Waals surface area contributed by atoms with Crippen molar-refractivity contribution in [2.75, 3.05) is 33.2 Å². The average molecular weight is 444 g/mol. The van der Waals surface area contributed by atoms with Crippen molar-refractivity contribution in [1.82, 2.24) is 24.6 Å². The zero-order chi connectivity index (χ0) is 21.3. The van der Waals surface area contributed by atoms with Crippen molar-refractivity contribution in [2.24, 2.45) is 0 Å². The molecule has 0 unspecified atom stereocenters. The van der Waals surface area contributed by atoms with Gasteiger partial charge in [0.15, 0.2) is 11.3 Å². The van der Waals surface area contributed by atoms with Crippen LogP contribution in [0.3, 0.4) is 0 Å². The number of likely N-dealkylation sites (N-methyl/N-ethyl adjacent to an activating group) is 1. The van der Waals surface area contributed by atoms with Crippen LogP contribution < -0.4 is 5.43 Å².